The number of hydrogen-bond acceptors (Lipinski definition) is 5. The van der Waals surface area contributed by atoms with Crippen molar-refractivity contribution >= 4 is 28.8 Å². The van der Waals surface area contributed by atoms with Gasteiger partial charge in [-0.3, -0.25) is 0 Å². The van der Waals surface area contributed by atoms with Crippen LogP contribution in [0.2, 0.25) is 0 Å². The number of hydrogen-bond donors (Lipinski definition) is 1. The molecule has 6 nitrogen and oxygen atoms in total. The fraction of sp³-hybridized carbons (Fsp3) is 0.500. The smallest absolute Gasteiger partial charge is 0.254 e. The molecule has 0 saturated heterocycles. The van der Waals surface area contributed by atoms with Gasteiger partial charge >= 0.3 is 0 Å². The molecule has 7 heteroatoms. The topological polar surface area (TPSA) is 72.3 Å². The standard InChI is InChI=1S/C12H16N6S/c1-8-6-11(18-12(16-8)14-7-15-18)17(9-2-3-9)5-4-10(13)19/h6-7,9H,2-5H2,1H3,(H2,13,19). The number of nitrogens with zero attached hydrogens (tertiary/aromatic N) is 5. The third-order valence-corrected chi connectivity index (χ3v) is 3.45. The molecule has 0 spiro atoms. The van der Waals surface area contributed by atoms with Gasteiger partial charge in [-0.05, 0) is 19.8 Å². The van der Waals surface area contributed by atoms with Crippen molar-refractivity contribution in [2.75, 3.05) is 11.4 Å². The lowest BCUT2D eigenvalue weighted by Gasteiger charge is -2.24. The van der Waals surface area contributed by atoms with Crippen LogP contribution in [0.15, 0.2) is 12.4 Å². The summed E-state index contributed by atoms with van der Waals surface area (Å²) < 4.78 is 1.78. The average molecular weight is 276 g/mol. The van der Waals surface area contributed by atoms with Crippen molar-refractivity contribution in [1.82, 2.24) is 19.6 Å². The number of rotatable bonds is 5. The Morgan fingerprint density at radius 3 is 3.05 bits per heavy atom. The van der Waals surface area contributed by atoms with Gasteiger partial charge in [-0.15, -0.1) is 0 Å². The van der Waals surface area contributed by atoms with E-state index in [9.17, 15) is 0 Å². The van der Waals surface area contributed by atoms with E-state index >= 15 is 0 Å². The molecule has 1 fully saturated rings. The average Bonchev–Trinajstić information content (AvgIpc) is 3.07. The Labute approximate surface area is 116 Å². The number of aryl methyl sites for hydroxylation is 1. The molecule has 2 aromatic rings. The molecule has 100 valence electrons. The van der Waals surface area contributed by atoms with Crippen LogP contribution in [-0.4, -0.2) is 37.2 Å². The van der Waals surface area contributed by atoms with Gasteiger partial charge in [0.1, 0.15) is 12.1 Å². The third-order valence-electron chi connectivity index (χ3n) is 3.24. The SMILES string of the molecule is Cc1cc(N(CCC(N)=S)C2CC2)n2ncnc2n1. The summed E-state index contributed by atoms with van der Waals surface area (Å²) in [7, 11) is 0. The van der Waals surface area contributed by atoms with E-state index in [-0.39, 0.29) is 0 Å². The molecule has 0 unspecified atom stereocenters. The zero-order valence-electron chi connectivity index (χ0n) is 10.8. The van der Waals surface area contributed by atoms with Crippen LogP contribution in [0.3, 0.4) is 0 Å². The zero-order valence-corrected chi connectivity index (χ0v) is 11.6. The predicted octanol–water partition coefficient (Wildman–Crippen LogP) is 1.08. The number of aromatic nitrogens is 4. The summed E-state index contributed by atoms with van der Waals surface area (Å²) in [5.41, 5.74) is 6.56. The van der Waals surface area contributed by atoms with E-state index in [4.69, 9.17) is 18.0 Å². The lowest BCUT2D eigenvalue weighted by Crippen LogP contribution is -2.31. The van der Waals surface area contributed by atoms with Crippen LogP contribution >= 0.6 is 12.2 Å². The van der Waals surface area contributed by atoms with Gasteiger partial charge in [0, 0.05) is 30.8 Å². The molecule has 0 atom stereocenters. The fourth-order valence-corrected chi connectivity index (χ4v) is 2.31. The quantitative estimate of drug-likeness (QED) is 0.824. The summed E-state index contributed by atoms with van der Waals surface area (Å²) in [6, 6.07) is 2.60. The van der Waals surface area contributed by atoms with E-state index in [0.717, 1.165) is 18.1 Å². The minimum atomic E-state index is 0.547. The second-order valence-corrected chi connectivity index (χ2v) is 5.39. The molecule has 0 amide bonds. The van der Waals surface area contributed by atoms with Crippen LogP contribution in [0.4, 0.5) is 5.82 Å². The van der Waals surface area contributed by atoms with Crippen molar-refractivity contribution in [1.29, 1.82) is 0 Å². The van der Waals surface area contributed by atoms with E-state index in [2.05, 4.69) is 20.0 Å². The molecule has 1 saturated carbocycles. The number of nitrogens with two attached hydrogens (primary N) is 1. The summed E-state index contributed by atoms with van der Waals surface area (Å²) in [6.07, 6.45) is 4.65. The van der Waals surface area contributed by atoms with Crippen LogP contribution in [0.5, 0.6) is 0 Å². The highest BCUT2D eigenvalue weighted by Crippen LogP contribution is 2.31. The van der Waals surface area contributed by atoms with Gasteiger partial charge in [0.2, 0.25) is 0 Å². The summed E-state index contributed by atoms with van der Waals surface area (Å²) in [5, 5.41) is 4.26. The van der Waals surface area contributed by atoms with Crippen molar-refractivity contribution in [3.8, 4) is 0 Å². The second-order valence-electron chi connectivity index (χ2n) is 4.87. The van der Waals surface area contributed by atoms with Crippen molar-refractivity contribution < 1.29 is 0 Å². The van der Waals surface area contributed by atoms with Gasteiger partial charge in [0.25, 0.3) is 5.78 Å². The monoisotopic (exact) mass is 276 g/mol. The Kier molecular flexibility index (Phi) is 3.06. The van der Waals surface area contributed by atoms with E-state index in [1.807, 2.05) is 13.0 Å². The molecular weight excluding hydrogens is 260 g/mol. The molecular formula is C12H16N6S. The van der Waals surface area contributed by atoms with E-state index in [0.29, 0.717) is 23.2 Å². The van der Waals surface area contributed by atoms with Gasteiger partial charge in [-0.1, -0.05) is 12.2 Å². The van der Waals surface area contributed by atoms with Gasteiger partial charge in [0.05, 0.1) is 4.99 Å². The molecule has 0 radical (unpaired) electrons. The van der Waals surface area contributed by atoms with E-state index in [1.165, 1.54) is 19.2 Å². The van der Waals surface area contributed by atoms with Crippen molar-refractivity contribution in [2.45, 2.75) is 32.2 Å². The maximum atomic E-state index is 5.62. The highest BCUT2D eigenvalue weighted by atomic mass is 32.1. The lowest BCUT2D eigenvalue weighted by molar-refractivity contribution is 0.753. The van der Waals surface area contributed by atoms with Gasteiger partial charge < -0.3 is 10.6 Å². The van der Waals surface area contributed by atoms with Crippen LogP contribution < -0.4 is 10.6 Å². The van der Waals surface area contributed by atoms with Crippen molar-refractivity contribution in [2.24, 2.45) is 5.73 Å². The summed E-state index contributed by atoms with van der Waals surface area (Å²) >= 11 is 4.98. The molecule has 2 aromatic heterocycles. The highest BCUT2D eigenvalue weighted by molar-refractivity contribution is 7.80. The van der Waals surface area contributed by atoms with Crippen LogP contribution in [-0.2, 0) is 0 Å². The first-order valence-corrected chi connectivity index (χ1v) is 6.78. The molecule has 2 N–H and O–H groups in total. The largest absolute Gasteiger partial charge is 0.393 e. The van der Waals surface area contributed by atoms with E-state index in [1.54, 1.807) is 4.52 Å². The maximum absolute atomic E-state index is 5.62. The first-order chi connectivity index (χ1) is 9.15. The minimum Gasteiger partial charge on any atom is -0.393 e. The highest BCUT2D eigenvalue weighted by Gasteiger charge is 2.30. The van der Waals surface area contributed by atoms with Gasteiger partial charge in [-0.2, -0.15) is 14.6 Å². The Morgan fingerprint density at radius 1 is 1.58 bits per heavy atom. The predicted molar refractivity (Wildman–Crippen MR) is 77.3 cm³/mol. The van der Waals surface area contributed by atoms with E-state index < -0.39 is 0 Å². The summed E-state index contributed by atoms with van der Waals surface area (Å²) in [6.45, 7) is 2.79. The lowest BCUT2D eigenvalue weighted by atomic mass is 10.3. The number of anilines is 1. The normalized spacial score (nSPS) is 14.8. The van der Waals surface area contributed by atoms with Crippen molar-refractivity contribution in [3.05, 3.63) is 18.1 Å². The van der Waals surface area contributed by atoms with Crippen LogP contribution in [0, 0.1) is 6.92 Å². The number of fused-ring (bicyclic) bond motifs is 1. The Morgan fingerprint density at radius 2 is 2.37 bits per heavy atom. The minimum absolute atomic E-state index is 0.547. The van der Waals surface area contributed by atoms with Crippen molar-refractivity contribution in [3.63, 3.8) is 0 Å². The molecule has 3 rings (SSSR count). The third kappa shape index (κ3) is 2.51. The van der Waals surface area contributed by atoms with Gasteiger partial charge in [0.15, 0.2) is 0 Å². The maximum Gasteiger partial charge on any atom is 0.254 e. The fourth-order valence-electron chi connectivity index (χ4n) is 2.22. The molecule has 0 aromatic carbocycles. The van der Waals surface area contributed by atoms with Gasteiger partial charge in [-0.25, -0.2) is 4.98 Å². The Bertz CT molecular complexity index is 618. The number of thiocarbonyl (C=S) groups is 1. The molecule has 0 aliphatic heterocycles. The second kappa shape index (κ2) is 4.73. The first-order valence-electron chi connectivity index (χ1n) is 6.37. The molecule has 1 aliphatic carbocycles. The summed E-state index contributed by atoms with van der Waals surface area (Å²) in [5.74, 6) is 1.66. The molecule has 19 heavy (non-hydrogen) atoms. The Hall–Kier alpha value is -1.76. The molecule has 2 heterocycles. The Balaban J connectivity index is 1.99. The zero-order chi connectivity index (χ0) is 13.4. The van der Waals surface area contributed by atoms with Crippen LogP contribution in [0.1, 0.15) is 25.0 Å². The molecule has 0 bridgehead atoms. The summed E-state index contributed by atoms with van der Waals surface area (Å²) in [4.78, 5) is 11.4. The first kappa shape index (κ1) is 12.3. The molecule has 1 aliphatic rings. The van der Waals surface area contributed by atoms with Crippen LogP contribution in [0.25, 0.3) is 5.78 Å².